The number of aromatic nitrogens is 2. The number of aliphatic hydroxyl groups excluding tert-OH is 1. The summed E-state index contributed by atoms with van der Waals surface area (Å²) in [5, 5.41) is 9.02. The van der Waals surface area contributed by atoms with Crippen molar-refractivity contribution in [3.05, 3.63) is 18.2 Å². The van der Waals surface area contributed by atoms with Gasteiger partial charge in [-0.3, -0.25) is 4.90 Å². The van der Waals surface area contributed by atoms with Crippen molar-refractivity contribution in [2.45, 2.75) is 46.3 Å². The fraction of sp³-hybridized carbons (Fsp3) is 0.750. The quantitative estimate of drug-likeness (QED) is 0.764. The first-order valence-corrected chi connectivity index (χ1v) is 6.03. The molecule has 4 nitrogen and oxygen atoms in total. The molecule has 0 aliphatic carbocycles. The van der Waals surface area contributed by atoms with Gasteiger partial charge in [0.25, 0.3) is 0 Å². The van der Waals surface area contributed by atoms with E-state index in [1.807, 2.05) is 12.5 Å². The molecule has 16 heavy (non-hydrogen) atoms. The minimum Gasteiger partial charge on any atom is -0.395 e. The summed E-state index contributed by atoms with van der Waals surface area (Å²) in [6.45, 7) is 9.26. The van der Waals surface area contributed by atoms with Crippen molar-refractivity contribution in [1.29, 1.82) is 0 Å². The summed E-state index contributed by atoms with van der Waals surface area (Å²) in [5.74, 6) is 0. The Morgan fingerprint density at radius 1 is 1.50 bits per heavy atom. The second-order valence-electron chi connectivity index (χ2n) is 4.37. The predicted octanol–water partition coefficient (Wildman–Crippen LogP) is 1.50. The average molecular weight is 225 g/mol. The minimum absolute atomic E-state index is 0.208. The summed E-state index contributed by atoms with van der Waals surface area (Å²) >= 11 is 0. The van der Waals surface area contributed by atoms with Crippen LogP contribution in [0.1, 0.15) is 32.9 Å². The minimum atomic E-state index is 0.208. The number of aryl methyl sites for hydroxylation is 1. The van der Waals surface area contributed by atoms with E-state index in [0.29, 0.717) is 6.04 Å². The molecule has 0 atom stereocenters. The monoisotopic (exact) mass is 225 g/mol. The van der Waals surface area contributed by atoms with Gasteiger partial charge in [0.15, 0.2) is 0 Å². The van der Waals surface area contributed by atoms with E-state index in [0.717, 1.165) is 26.1 Å². The number of aliphatic hydroxyl groups is 1. The molecule has 1 aromatic rings. The van der Waals surface area contributed by atoms with Gasteiger partial charge in [0.05, 0.1) is 18.6 Å². The molecule has 0 radical (unpaired) electrons. The lowest BCUT2D eigenvalue weighted by molar-refractivity contribution is 0.156. The van der Waals surface area contributed by atoms with Crippen LogP contribution in [0.2, 0.25) is 0 Å². The van der Waals surface area contributed by atoms with Crippen molar-refractivity contribution < 1.29 is 5.11 Å². The maximum atomic E-state index is 9.02. The second-order valence-corrected chi connectivity index (χ2v) is 4.37. The van der Waals surface area contributed by atoms with Crippen LogP contribution in [0.15, 0.2) is 12.5 Å². The number of hydrogen-bond donors (Lipinski definition) is 1. The first-order valence-electron chi connectivity index (χ1n) is 6.03. The highest BCUT2D eigenvalue weighted by Gasteiger charge is 2.11. The summed E-state index contributed by atoms with van der Waals surface area (Å²) in [5.41, 5.74) is 1.23. The van der Waals surface area contributed by atoms with Crippen LogP contribution in [0.25, 0.3) is 0 Å². The molecular formula is C12H23N3O. The summed E-state index contributed by atoms with van der Waals surface area (Å²) in [6.07, 6.45) is 4.92. The molecule has 0 unspecified atom stereocenters. The van der Waals surface area contributed by atoms with E-state index in [9.17, 15) is 0 Å². The second kappa shape index (κ2) is 6.66. The Kier molecular flexibility index (Phi) is 5.49. The van der Waals surface area contributed by atoms with Crippen molar-refractivity contribution in [3.63, 3.8) is 0 Å². The lowest BCUT2D eigenvalue weighted by Gasteiger charge is -2.25. The van der Waals surface area contributed by atoms with Crippen molar-refractivity contribution >= 4 is 0 Å². The highest BCUT2D eigenvalue weighted by Crippen LogP contribution is 2.08. The lowest BCUT2D eigenvalue weighted by atomic mass is 10.3. The maximum Gasteiger partial charge on any atom is 0.0948 e. The van der Waals surface area contributed by atoms with Crippen LogP contribution in [0.4, 0.5) is 0 Å². The van der Waals surface area contributed by atoms with Gasteiger partial charge in [0.1, 0.15) is 0 Å². The molecule has 0 aromatic carbocycles. The molecule has 0 aliphatic heterocycles. The summed E-state index contributed by atoms with van der Waals surface area (Å²) in [6, 6.07) is 0.442. The third-order valence-corrected chi connectivity index (χ3v) is 2.75. The van der Waals surface area contributed by atoms with Gasteiger partial charge < -0.3 is 9.67 Å². The van der Waals surface area contributed by atoms with Crippen LogP contribution >= 0.6 is 0 Å². The molecule has 1 N–H and O–H groups in total. The zero-order valence-corrected chi connectivity index (χ0v) is 10.6. The summed E-state index contributed by atoms with van der Waals surface area (Å²) in [7, 11) is 0. The Morgan fingerprint density at radius 2 is 2.25 bits per heavy atom. The SMILES string of the molecule is CCCn1cncc1CN(CCO)C(C)C. The Bertz CT molecular complexity index is 296. The molecule has 4 heteroatoms. The zero-order valence-electron chi connectivity index (χ0n) is 10.6. The Morgan fingerprint density at radius 3 is 2.81 bits per heavy atom. The molecule has 1 heterocycles. The molecule has 92 valence electrons. The van der Waals surface area contributed by atoms with E-state index in [2.05, 4.69) is 35.2 Å². The van der Waals surface area contributed by atoms with Gasteiger partial charge in [-0.1, -0.05) is 6.92 Å². The molecule has 0 bridgehead atoms. The summed E-state index contributed by atoms with van der Waals surface area (Å²) in [4.78, 5) is 6.44. The fourth-order valence-electron chi connectivity index (χ4n) is 1.78. The van der Waals surface area contributed by atoms with Crippen molar-refractivity contribution in [3.8, 4) is 0 Å². The number of hydrogen-bond acceptors (Lipinski definition) is 3. The number of rotatable bonds is 7. The van der Waals surface area contributed by atoms with E-state index >= 15 is 0 Å². The van der Waals surface area contributed by atoms with Crippen molar-refractivity contribution in [2.75, 3.05) is 13.2 Å². The van der Waals surface area contributed by atoms with Gasteiger partial charge in [0.2, 0.25) is 0 Å². The predicted molar refractivity (Wildman–Crippen MR) is 65.1 cm³/mol. The van der Waals surface area contributed by atoms with Crippen LogP contribution in [0, 0.1) is 0 Å². The van der Waals surface area contributed by atoms with E-state index < -0.39 is 0 Å². The number of imidazole rings is 1. The normalized spacial score (nSPS) is 11.6. The molecule has 0 saturated heterocycles. The van der Waals surface area contributed by atoms with Gasteiger partial charge in [-0.2, -0.15) is 0 Å². The molecule has 0 saturated carbocycles. The number of nitrogens with zero attached hydrogens (tertiary/aromatic N) is 3. The van der Waals surface area contributed by atoms with Gasteiger partial charge in [0, 0.05) is 31.9 Å². The van der Waals surface area contributed by atoms with Crippen LogP contribution < -0.4 is 0 Å². The Labute approximate surface area is 97.9 Å². The van der Waals surface area contributed by atoms with Crippen LogP contribution in [0.3, 0.4) is 0 Å². The smallest absolute Gasteiger partial charge is 0.0948 e. The molecule has 0 aliphatic rings. The first-order chi connectivity index (χ1) is 7.69. The lowest BCUT2D eigenvalue weighted by Crippen LogP contribution is -2.33. The van der Waals surface area contributed by atoms with Crippen molar-refractivity contribution in [2.24, 2.45) is 0 Å². The van der Waals surface area contributed by atoms with Crippen LogP contribution in [-0.4, -0.2) is 38.8 Å². The maximum absolute atomic E-state index is 9.02. The molecule has 0 spiro atoms. The fourth-order valence-corrected chi connectivity index (χ4v) is 1.78. The molecule has 0 amide bonds. The molecule has 1 aromatic heterocycles. The zero-order chi connectivity index (χ0) is 12.0. The average Bonchev–Trinajstić information content (AvgIpc) is 2.65. The molecule has 1 rings (SSSR count). The topological polar surface area (TPSA) is 41.3 Å². The van der Waals surface area contributed by atoms with E-state index in [1.54, 1.807) is 0 Å². The van der Waals surface area contributed by atoms with E-state index in [-0.39, 0.29) is 6.61 Å². The first kappa shape index (κ1) is 13.2. The van der Waals surface area contributed by atoms with Gasteiger partial charge in [-0.05, 0) is 20.3 Å². The van der Waals surface area contributed by atoms with E-state index in [1.165, 1.54) is 5.69 Å². The van der Waals surface area contributed by atoms with Crippen LogP contribution in [0.5, 0.6) is 0 Å². The Balaban J connectivity index is 2.65. The molecule has 0 fully saturated rings. The standard InChI is InChI=1S/C12H23N3O/c1-4-5-15-10-13-8-12(15)9-14(6-7-16)11(2)3/h8,10-11,16H,4-7,9H2,1-3H3. The Hall–Kier alpha value is -0.870. The van der Waals surface area contributed by atoms with E-state index in [4.69, 9.17) is 5.11 Å². The van der Waals surface area contributed by atoms with Gasteiger partial charge in [-0.25, -0.2) is 4.98 Å². The third kappa shape index (κ3) is 3.61. The summed E-state index contributed by atoms with van der Waals surface area (Å²) < 4.78 is 2.19. The highest BCUT2D eigenvalue weighted by atomic mass is 16.3. The van der Waals surface area contributed by atoms with Gasteiger partial charge >= 0.3 is 0 Å². The molecular weight excluding hydrogens is 202 g/mol. The van der Waals surface area contributed by atoms with Crippen molar-refractivity contribution in [1.82, 2.24) is 14.5 Å². The van der Waals surface area contributed by atoms with Gasteiger partial charge in [-0.15, -0.1) is 0 Å². The highest BCUT2D eigenvalue weighted by molar-refractivity contribution is 4.98. The largest absolute Gasteiger partial charge is 0.395 e. The third-order valence-electron chi connectivity index (χ3n) is 2.75. The van der Waals surface area contributed by atoms with Crippen LogP contribution in [-0.2, 0) is 13.1 Å².